The molecular formula is C10H16N2O2. The Hall–Kier alpha value is -1.32. The average molecular weight is 196 g/mol. The van der Waals surface area contributed by atoms with Crippen molar-refractivity contribution in [1.82, 2.24) is 9.97 Å². The van der Waals surface area contributed by atoms with Crippen molar-refractivity contribution in [1.29, 1.82) is 0 Å². The lowest BCUT2D eigenvalue weighted by molar-refractivity contribution is 0.438. The summed E-state index contributed by atoms with van der Waals surface area (Å²) in [5, 5.41) is 9.37. The Balaban J connectivity index is 3.06. The zero-order valence-corrected chi connectivity index (χ0v) is 8.79. The molecule has 4 nitrogen and oxygen atoms in total. The molecule has 1 heterocycles. The van der Waals surface area contributed by atoms with E-state index >= 15 is 0 Å². The van der Waals surface area contributed by atoms with E-state index in [1.54, 1.807) is 6.92 Å². The number of aromatic amines is 1. The summed E-state index contributed by atoms with van der Waals surface area (Å²) < 4.78 is 0. The topological polar surface area (TPSA) is 66.0 Å². The van der Waals surface area contributed by atoms with Crippen molar-refractivity contribution in [3.63, 3.8) is 0 Å². The van der Waals surface area contributed by atoms with Gasteiger partial charge in [-0.2, -0.15) is 4.98 Å². The fraction of sp³-hybridized carbons (Fsp3) is 0.600. The molecule has 1 rings (SSSR count). The van der Waals surface area contributed by atoms with Crippen molar-refractivity contribution in [2.45, 2.75) is 39.5 Å². The van der Waals surface area contributed by atoms with Crippen LogP contribution in [0.2, 0.25) is 0 Å². The minimum absolute atomic E-state index is 0.160. The zero-order valence-electron chi connectivity index (χ0n) is 8.79. The standard InChI is InChI=1S/C10H16N2O2/c1-4-5-6(2)8-11-9(13)7(3)10(14)12-8/h6H,4-5H2,1-3H3,(H2,11,12,13,14). The first-order chi connectivity index (χ1) is 6.56. The van der Waals surface area contributed by atoms with Gasteiger partial charge < -0.3 is 10.1 Å². The quantitative estimate of drug-likeness (QED) is 0.773. The highest BCUT2D eigenvalue weighted by Gasteiger charge is 2.11. The number of rotatable bonds is 3. The van der Waals surface area contributed by atoms with E-state index < -0.39 is 0 Å². The van der Waals surface area contributed by atoms with Crippen LogP contribution in [0.3, 0.4) is 0 Å². The summed E-state index contributed by atoms with van der Waals surface area (Å²) >= 11 is 0. The van der Waals surface area contributed by atoms with Gasteiger partial charge in [-0.05, 0) is 13.3 Å². The molecule has 0 aromatic carbocycles. The van der Waals surface area contributed by atoms with E-state index in [1.165, 1.54) is 0 Å². The summed E-state index contributed by atoms with van der Waals surface area (Å²) in [5.74, 6) is 0.589. The molecule has 0 spiro atoms. The molecule has 2 N–H and O–H groups in total. The zero-order chi connectivity index (χ0) is 10.7. The normalized spacial score (nSPS) is 12.8. The SMILES string of the molecule is CCCC(C)c1nc(O)c(C)c(=O)[nH]1. The summed E-state index contributed by atoms with van der Waals surface area (Å²) in [6, 6.07) is 0. The van der Waals surface area contributed by atoms with Gasteiger partial charge in [-0.25, -0.2) is 0 Å². The van der Waals surface area contributed by atoms with Crippen molar-refractivity contribution in [3.8, 4) is 5.88 Å². The van der Waals surface area contributed by atoms with Crippen molar-refractivity contribution >= 4 is 0 Å². The van der Waals surface area contributed by atoms with Crippen LogP contribution in [-0.2, 0) is 0 Å². The van der Waals surface area contributed by atoms with Crippen LogP contribution in [0, 0.1) is 6.92 Å². The maximum absolute atomic E-state index is 11.3. The Bertz CT molecular complexity index is 371. The third-order valence-electron chi connectivity index (χ3n) is 2.33. The molecule has 0 fully saturated rings. The second kappa shape index (κ2) is 4.26. The number of nitrogens with zero attached hydrogens (tertiary/aromatic N) is 1. The predicted molar refractivity (Wildman–Crippen MR) is 54.6 cm³/mol. The van der Waals surface area contributed by atoms with E-state index in [0.717, 1.165) is 12.8 Å². The molecule has 14 heavy (non-hydrogen) atoms. The van der Waals surface area contributed by atoms with Crippen molar-refractivity contribution < 1.29 is 5.11 Å². The van der Waals surface area contributed by atoms with E-state index in [4.69, 9.17) is 0 Å². The highest BCUT2D eigenvalue weighted by atomic mass is 16.3. The third kappa shape index (κ3) is 2.13. The molecule has 1 aromatic rings. The predicted octanol–water partition coefficient (Wildman–Crippen LogP) is 1.69. The van der Waals surface area contributed by atoms with Crippen LogP contribution >= 0.6 is 0 Å². The monoisotopic (exact) mass is 196 g/mol. The molecule has 0 bridgehead atoms. The Morgan fingerprint density at radius 3 is 2.71 bits per heavy atom. The summed E-state index contributed by atoms with van der Waals surface area (Å²) in [6.07, 6.45) is 1.98. The molecule has 0 saturated heterocycles. The van der Waals surface area contributed by atoms with Gasteiger partial charge in [-0.3, -0.25) is 4.79 Å². The lowest BCUT2D eigenvalue weighted by Crippen LogP contribution is -2.15. The van der Waals surface area contributed by atoms with E-state index in [0.29, 0.717) is 5.82 Å². The maximum Gasteiger partial charge on any atom is 0.257 e. The number of nitrogens with one attached hydrogen (secondary N) is 1. The van der Waals surface area contributed by atoms with Gasteiger partial charge >= 0.3 is 0 Å². The number of hydrogen-bond acceptors (Lipinski definition) is 3. The van der Waals surface area contributed by atoms with E-state index in [1.807, 2.05) is 6.92 Å². The lowest BCUT2D eigenvalue weighted by Gasteiger charge is -2.09. The molecule has 0 radical (unpaired) electrons. The van der Waals surface area contributed by atoms with Gasteiger partial charge in [0.2, 0.25) is 5.88 Å². The summed E-state index contributed by atoms with van der Waals surface area (Å²) in [6.45, 7) is 5.61. The molecule has 0 amide bonds. The largest absolute Gasteiger partial charge is 0.493 e. The molecule has 1 unspecified atom stereocenters. The minimum Gasteiger partial charge on any atom is -0.493 e. The summed E-state index contributed by atoms with van der Waals surface area (Å²) in [4.78, 5) is 17.9. The highest BCUT2D eigenvalue weighted by Crippen LogP contribution is 2.17. The van der Waals surface area contributed by atoms with Crippen LogP contribution in [-0.4, -0.2) is 15.1 Å². The van der Waals surface area contributed by atoms with Crippen molar-refractivity contribution in [2.75, 3.05) is 0 Å². The molecule has 1 atom stereocenters. The molecule has 4 heteroatoms. The number of aromatic nitrogens is 2. The molecule has 1 aromatic heterocycles. The second-order valence-corrected chi connectivity index (χ2v) is 3.59. The fourth-order valence-electron chi connectivity index (χ4n) is 1.34. The van der Waals surface area contributed by atoms with E-state index in [-0.39, 0.29) is 22.9 Å². The van der Waals surface area contributed by atoms with Crippen LogP contribution in [0.1, 0.15) is 44.0 Å². The maximum atomic E-state index is 11.3. The molecule has 0 aliphatic rings. The van der Waals surface area contributed by atoms with Crippen LogP contribution in [0.15, 0.2) is 4.79 Å². The Morgan fingerprint density at radius 1 is 1.57 bits per heavy atom. The van der Waals surface area contributed by atoms with E-state index in [2.05, 4.69) is 16.9 Å². The van der Waals surface area contributed by atoms with Gasteiger partial charge in [0.25, 0.3) is 5.56 Å². The van der Waals surface area contributed by atoms with Gasteiger partial charge in [-0.15, -0.1) is 0 Å². The summed E-state index contributed by atoms with van der Waals surface area (Å²) in [5.41, 5.74) is 0.0212. The average Bonchev–Trinajstić information content (AvgIpc) is 2.13. The van der Waals surface area contributed by atoms with Gasteiger partial charge in [0.1, 0.15) is 5.82 Å². The number of aromatic hydroxyl groups is 1. The van der Waals surface area contributed by atoms with Crippen molar-refractivity contribution in [2.24, 2.45) is 0 Å². The Kier molecular flexibility index (Phi) is 3.28. The minimum atomic E-state index is -0.254. The molecular weight excluding hydrogens is 180 g/mol. The summed E-state index contributed by atoms with van der Waals surface area (Å²) in [7, 11) is 0. The molecule has 0 saturated carbocycles. The Morgan fingerprint density at radius 2 is 2.21 bits per heavy atom. The van der Waals surface area contributed by atoms with Gasteiger partial charge in [-0.1, -0.05) is 20.3 Å². The van der Waals surface area contributed by atoms with Crippen LogP contribution in [0.4, 0.5) is 0 Å². The van der Waals surface area contributed by atoms with Crippen LogP contribution in [0.25, 0.3) is 0 Å². The first-order valence-corrected chi connectivity index (χ1v) is 4.86. The van der Waals surface area contributed by atoms with Gasteiger partial charge in [0.15, 0.2) is 0 Å². The first-order valence-electron chi connectivity index (χ1n) is 4.86. The fourth-order valence-corrected chi connectivity index (χ4v) is 1.34. The van der Waals surface area contributed by atoms with Crippen LogP contribution in [0.5, 0.6) is 5.88 Å². The smallest absolute Gasteiger partial charge is 0.257 e. The molecule has 0 aliphatic carbocycles. The molecule has 78 valence electrons. The highest BCUT2D eigenvalue weighted by molar-refractivity contribution is 5.21. The van der Waals surface area contributed by atoms with E-state index in [9.17, 15) is 9.90 Å². The first kappa shape index (κ1) is 10.8. The van der Waals surface area contributed by atoms with Gasteiger partial charge in [0.05, 0.1) is 5.56 Å². The second-order valence-electron chi connectivity index (χ2n) is 3.59. The number of H-pyrrole nitrogens is 1. The number of hydrogen-bond donors (Lipinski definition) is 2. The Labute approximate surface area is 83.0 Å². The molecule has 0 aliphatic heterocycles. The van der Waals surface area contributed by atoms with Crippen LogP contribution < -0.4 is 5.56 Å². The van der Waals surface area contributed by atoms with Crippen molar-refractivity contribution in [3.05, 3.63) is 21.7 Å². The van der Waals surface area contributed by atoms with Gasteiger partial charge in [0, 0.05) is 5.92 Å². The lowest BCUT2D eigenvalue weighted by atomic mass is 10.1. The third-order valence-corrected chi connectivity index (χ3v) is 2.33.